The maximum atomic E-state index is 12.3. The molecule has 1 aliphatic heterocycles. The molecule has 0 saturated carbocycles. The number of hydrogen-bond acceptors (Lipinski definition) is 12. The summed E-state index contributed by atoms with van der Waals surface area (Å²) in [4.78, 5) is 28.4. The number of nitrogens with one attached hydrogen (secondary N) is 2. The van der Waals surface area contributed by atoms with Gasteiger partial charge in [0.15, 0.2) is 11.5 Å². The summed E-state index contributed by atoms with van der Waals surface area (Å²) in [5.74, 6) is 1.49. The van der Waals surface area contributed by atoms with E-state index in [1.807, 2.05) is 40.6 Å². The van der Waals surface area contributed by atoms with Crippen molar-refractivity contribution in [1.82, 2.24) is 15.0 Å². The Morgan fingerprint density at radius 2 is 1.84 bits per heavy atom. The van der Waals surface area contributed by atoms with Crippen LogP contribution >= 0.6 is 11.3 Å². The summed E-state index contributed by atoms with van der Waals surface area (Å²) in [6.07, 6.45) is 1.59. The van der Waals surface area contributed by atoms with Crippen LogP contribution in [0.3, 0.4) is 0 Å². The van der Waals surface area contributed by atoms with Gasteiger partial charge in [-0.1, -0.05) is 24.3 Å². The molecule has 0 unspecified atom stereocenters. The molecule has 3 heterocycles. The molecular weight excluding hydrogens is 506 g/mol. The summed E-state index contributed by atoms with van der Waals surface area (Å²) in [7, 11) is 1.51. The van der Waals surface area contributed by atoms with Crippen LogP contribution in [0.5, 0.6) is 11.5 Å². The SMILES string of the molecule is COc1cc(/C=N/Nc2nc(Nc3ccccc3)nc(N3CCOCC3)n2)ccc1OC(=O)c1cccs1. The van der Waals surface area contributed by atoms with Crippen molar-refractivity contribution in [3.8, 4) is 11.5 Å². The first-order valence-corrected chi connectivity index (χ1v) is 12.7. The van der Waals surface area contributed by atoms with Gasteiger partial charge >= 0.3 is 5.97 Å². The molecule has 2 aromatic heterocycles. The van der Waals surface area contributed by atoms with Gasteiger partial charge in [0.25, 0.3) is 0 Å². The van der Waals surface area contributed by atoms with Crippen molar-refractivity contribution >= 4 is 47.1 Å². The molecule has 0 aliphatic carbocycles. The van der Waals surface area contributed by atoms with Gasteiger partial charge in [0, 0.05) is 18.8 Å². The zero-order valence-electron chi connectivity index (χ0n) is 20.5. The Kier molecular flexibility index (Phi) is 8.01. The second-order valence-corrected chi connectivity index (χ2v) is 8.97. The molecule has 0 radical (unpaired) electrons. The second-order valence-electron chi connectivity index (χ2n) is 8.02. The van der Waals surface area contributed by atoms with Crippen LogP contribution in [0, 0.1) is 0 Å². The number of para-hydroxylation sites is 1. The Hall–Kier alpha value is -4.55. The van der Waals surface area contributed by atoms with Gasteiger partial charge in [-0.05, 0) is 47.3 Å². The fourth-order valence-electron chi connectivity index (χ4n) is 3.58. The number of aromatic nitrogens is 3. The van der Waals surface area contributed by atoms with E-state index < -0.39 is 5.97 Å². The normalized spacial score (nSPS) is 13.3. The van der Waals surface area contributed by atoms with Crippen LogP contribution in [0.4, 0.5) is 23.5 Å². The first-order valence-electron chi connectivity index (χ1n) is 11.8. The number of carbonyl (C=O) groups excluding carboxylic acids is 1. The van der Waals surface area contributed by atoms with Crippen molar-refractivity contribution in [2.75, 3.05) is 49.1 Å². The van der Waals surface area contributed by atoms with E-state index in [4.69, 9.17) is 14.2 Å². The number of anilines is 4. The van der Waals surface area contributed by atoms with Crippen molar-refractivity contribution < 1.29 is 19.0 Å². The number of hydrazone groups is 1. The van der Waals surface area contributed by atoms with Crippen molar-refractivity contribution in [2.45, 2.75) is 0 Å². The summed E-state index contributed by atoms with van der Waals surface area (Å²) >= 11 is 1.31. The molecule has 5 rings (SSSR count). The molecule has 1 saturated heterocycles. The van der Waals surface area contributed by atoms with Crippen LogP contribution in [-0.4, -0.2) is 60.5 Å². The summed E-state index contributed by atoms with van der Waals surface area (Å²) < 4.78 is 16.3. The van der Waals surface area contributed by atoms with E-state index in [0.717, 1.165) is 11.3 Å². The number of morpholine rings is 1. The molecule has 0 spiro atoms. The molecule has 0 amide bonds. The second kappa shape index (κ2) is 12.1. The van der Waals surface area contributed by atoms with E-state index >= 15 is 0 Å². The highest BCUT2D eigenvalue weighted by molar-refractivity contribution is 7.12. The Labute approximate surface area is 223 Å². The van der Waals surface area contributed by atoms with Gasteiger partial charge in [-0.2, -0.15) is 20.1 Å². The Morgan fingerprint density at radius 3 is 2.61 bits per heavy atom. The van der Waals surface area contributed by atoms with E-state index in [2.05, 4.69) is 30.8 Å². The van der Waals surface area contributed by atoms with Crippen LogP contribution in [-0.2, 0) is 4.74 Å². The van der Waals surface area contributed by atoms with E-state index in [0.29, 0.717) is 54.6 Å². The van der Waals surface area contributed by atoms with Crippen molar-refractivity contribution in [2.24, 2.45) is 5.10 Å². The first kappa shape index (κ1) is 25.1. The van der Waals surface area contributed by atoms with E-state index in [1.165, 1.54) is 18.4 Å². The molecule has 4 aromatic rings. The first-order chi connectivity index (χ1) is 18.7. The molecular formula is C26H25N7O4S. The smallest absolute Gasteiger partial charge is 0.353 e. The molecule has 2 aromatic carbocycles. The maximum Gasteiger partial charge on any atom is 0.353 e. The Balaban J connectivity index is 1.31. The monoisotopic (exact) mass is 531 g/mol. The molecule has 38 heavy (non-hydrogen) atoms. The fraction of sp³-hybridized carbons (Fsp3) is 0.192. The standard InChI is InChI=1S/C26H25N7O4S/c1-35-21-16-18(9-10-20(21)37-23(34)22-8-5-15-38-22)17-27-32-25-29-24(28-19-6-3-2-4-7-19)30-26(31-25)33-11-13-36-14-12-33/h2-10,15-17H,11-14H2,1H3,(H2,28,29,30,31,32)/b27-17+. The number of rotatable bonds is 9. The molecule has 1 fully saturated rings. The predicted octanol–water partition coefficient (Wildman–Crippen LogP) is 4.19. The quantitative estimate of drug-likeness (QED) is 0.141. The molecule has 194 valence electrons. The zero-order valence-corrected chi connectivity index (χ0v) is 21.4. The predicted molar refractivity (Wildman–Crippen MR) is 146 cm³/mol. The maximum absolute atomic E-state index is 12.3. The number of hydrogen-bond donors (Lipinski definition) is 2. The van der Waals surface area contributed by atoms with Crippen molar-refractivity contribution in [1.29, 1.82) is 0 Å². The van der Waals surface area contributed by atoms with E-state index in [9.17, 15) is 4.79 Å². The van der Waals surface area contributed by atoms with Crippen LogP contribution < -0.4 is 25.1 Å². The fourth-order valence-corrected chi connectivity index (χ4v) is 4.18. The third-order valence-electron chi connectivity index (χ3n) is 5.44. The number of nitrogens with zero attached hydrogens (tertiary/aromatic N) is 5. The third-order valence-corrected chi connectivity index (χ3v) is 6.29. The third kappa shape index (κ3) is 6.41. The highest BCUT2D eigenvalue weighted by atomic mass is 32.1. The van der Waals surface area contributed by atoms with Gasteiger partial charge < -0.3 is 24.4 Å². The van der Waals surface area contributed by atoms with Crippen LogP contribution in [0.2, 0.25) is 0 Å². The van der Waals surface area contributed by atoms with E-state index in [-0.39, 0.29) is 5.95 Å². The Morgan fingerprint density at radius 1 is 1.03 bits per heavy atom. The van der Waals surface area contributed by atoms with Crippen LogP contribution in [0.15, 0.2) is 71.1 Å². The zero-order chi connectivity index (χ0) is 26.2. The highest BCUT2D eigenvalue weighted by Crippen LogP contribution is 2.29. The summed E-state index contributed by atoms with van der Waals surface area (Å²) in [5, 5.41) is 9.32. The molecule has 1 aliphatic rings. The largest absolute Gasteiger partial charge is 0.493 e. The summed E-state index contributed by atoms with van der Waals surface area (Å²) in [6.45, 7) is 2.57. The number of carbonyl (C=O) groups is 1. The van der Waals surface area contributed by atoms with Gasteiger partial charge in [-0.15, -0.1) is 11.3 Å². The highest BCUT2D eigenvalue weighted by Gasteiger charge is 2.17. The van der Waals surface area contributed by atoms with Crippen LogP contribution in [0.25, 0.3) is 0 Å². The molecule has 0 bridgehead atoms. The van der Waals surface area contributed by atoms with Gasteiger partial charge in [-0.3, -0.25) is 0 Å². The lowest BCUT2D eigenvalue weighted by Gasteiger charge is -2.27. The minimum absolute atomic E-state index is 0.282. The lowest BCUT2D eigenvalue weighted by atomic mass is 10.2. The number of esters is 1. The lowest BCUT2D eigenvalue weighted by molar-refractivity contribution is 0.0735. The number of methoxy groups -OCH3 is 1. The van der Waals surface area contributed by atoms with Gasteiger partial charge in [0.05, 0.1) is 26.5 Å². The van der Waals surface area contributed by atoms with Crippen LogP contribution in [0.1, 0.15) is 15.2 Å². The molecule has 0 atom stereocenters. The molecule has 2 N–H and O–H groups in total. The van der Waals surface area contributed by atoms with Gasteiger partial charge in [-0.25, -0.2) is 10.2 Å². The van der Waals surface area contributed by atoms with Gasteiger partial charge in [0.2, 0.25) is 17.8 Å². The van der Waals surface area contributed by atoms with E-state index in [1.54, 1.807) is 36.5 Å². The topological polar surface area (TPSA) is 123 Å². The van der Waals surface area contributed by atoms with Crippen molar-refractivity contribution in [3.63, 3.8) is 0 Å². The average molecular weight is 532 g/mol. The minimum atomic E-state index is -0.438. The molecule has 12 heteroatoms. The van der Waals surface area contributed by atoms with Gasteiger partial charge in [0.1, 0.15) is 4.88 Å². The summed E-state index contributed by atoms with van der Waals surface area (Å²) in [5.41, 5.74) is 4.46. The van der Waals surface area contributed by atoms with Crippen molar-refractivity contribution in [3.05, 3.63) is 76.5 Å². The number of thiophene rings is 1. The Bertz CT molecular complexity index is 1390. The minimum Gasteiger partial charge on any atom is -0.493 e. The average Bonchev–Trinajstić information content (AvgIpc) is 3.50. The number of ether oxygens (including phenoxy) is 3. The lowest BCUT2D eigenvalue weighted by Crippen LogP contribution is -2.37. The molecule has 11 nitrogen and oxygen atoms in total. The number of benzene rings is 2. The summed E-state index contributed by atoms with van der Waals surface area (Å²) in [6, 6.07) is 18.3.